The van der Waals surface area contributed by atoms with E-state index in [1.54, 1.807) is 17.0 Å². The van der Waals surface area contributed by atoms with Gasteiger partial charge in [0.15, 0.2) is 0 Å². The number of ether oxygens (including phenoxy) is 1. The molecule has 1 aromatic carbocycles. The molecule has 1 fully saturated rings. The van der Waals surface area contributed by atoms with Crippen LogP contribution in [0.3, 0.4) is 0 Å². The molecule has 2 N–H and O–H groups in total. The summed E-state index contributed by atoms with van der Waals surface area (Å²) in [4.78, 5) is 25.3. The maximum absolute atomic E-state index is 12.4. The third-order valence-electron chi connectivity index (χ3n) is 3.34. The molecule has 0 saturated carbocycles. The molecule has 1 heterocycles. The number of carbonyl (C=O) groups excluding carboxylic acids is 1. The first-order chi connectivity index (χ1) is 9.81. The fourth-order valence-electron chi connectivity index (χ4n) is 2.22. The van der Waals surface area contributed by atoms with Crippen molar-refractivity contribution in [3.8, 4) is 0 Å². The maximum atomic E-state index is 12.4. The highest BCUT2D eigenvalue weighted by molar-refractivity contribution is 14.1. The standard InChI is InChI=1S/C14H17IN2O4/c1-14(2)8-21-6-5-17(14)13(20)16-11-4-3-9(15)7-10(11)12(18)19/h3-4,7H,5-6,8H2,1-2H3,(H,16,20)(H,18,19). The molecule has 6 nitrogen and oxygen atoms in total. The summed E-state index contributed by atoms with van der Waals surface area (Å²) in [7, 11) is 0. The number of carboxylic acid groups (broad SMARTS) is 1. The van der Waals surface area contributed by atoms with Crippen LogP contribution in [0.4, 0.5) is 10.5 Å². The molecule has 1 aliphatic rings. The summed E-state index contributed by atoms with van der Waals surface area (Å²) < 4.78 is 6.18. The second-order valence-corrected chi connectivity index (χ2v) is 6.69. The van der Waals surface area contributed by atoms with Crippen molar-refractivity contribution >= 4 is 40.3 Å². The van der Waals surface area contributed by atoms with E-state index in [2.05, 4.69) is 5.32 Å². The number of urea groups is 1. The van der Waals surface area contributed by atoms with Gasteiger partial charge in [-0.05, 0) is 54.6 Å². The molecule has 0 bridgehead atoms. The SMILES string of the molecule is CC1(C)COCCN1C(=O)Nc1ccc(I)cc1C(=O)O. The lowest BCUT2D eigenvalue weighted by atomic mass is 10.0. The van der Waals surface area contributed by atoms with Gasteiger partial charge in [-0.15, -0.1) is 0 Å². The van der Waals surface area contributed by atoms with E-state index in [0.717, 1.165) is 3.57 Å². The van der Waals surface area contributed by atoms with Crippen molar-refractivity contribution in [2.24, 2.45) is 0 Å². The number of morpholine rings is 1. The molecule has 0 radical (unpaired) electrons. The van der Waals surface area contributed by atoms with Gasteiger partial charge in [-0.25, -0.2) is 9.59 Å². The second-order valence-electron chi connectivity index (χ2n) is 5.44. The number of halogens is 1. The van der Waals surface area contributed by atoms with E-state index < -0.39 is 11.5 Å². The average Bonchev–Trinajstić information content (AvgIpc) is 2.39. The van der Waals surface area contributed by atoms with Crippen LogP contribution in [0.5, 0.6) is 0 Å². The van der Waals surface area contributed by atoms with Crippen LogP contribution in [-0.4, -0.2) is 47.3 Å². The third-order valence-corrected chi connectivity index (χ3v) is 4.01. The van der Waals surface area contributed by atoms with Crippen molar-refractivity contribution in [1.82, 2.24) is 4.90 Å². The van der Waals surface area contributed by atoms with Crippen molar-refractivity contribution in [3.05, 3.63) is 27.3 Å². The number of carboxylic acids is 1. The van der Waals surface area contributed by atoms with Gasteiger partial charge in [0.25, 0.3) is 0 Å². The van der Waals surface area contributed by atoms with E-state index in [0.29, 0.717) is 25.4 Å². The minimum absolute atomic E-state index is 0.0846. The van der Waals surface area contributed by atoms with Gasteiger partial charge in [-0.1, -0.05) is 0 Å². The van der Waals surface area contributed by atoms with Crippen LogP contribution in [0.15, 0.2) is 18.2 Å². The Kier molecular flexibility index (Phi) is 4.72. The molecule has 2 amide bonds. The molecular weight excluding hydrogens is 387 g/mol. The number of aromatic carboxylic acids is 1. The Morgan fingerprint density at radius 3 is 2.76 bits per heavy atom. The Bertz CT molecular complexity index is 574. The number of carbonyl (C=O) groups is 2. The highest BCUT2D eigenvalue weighted by Crippen LogP contribution is 2.23. The Hall–Kier alpha value is -1.35. The predicted molar refractivity (Wildman–Crippen MR) is 86.7 cm³/mol. The number of nitrogens with zero attached hydrogens (tertiary/aromatic N) is 1. The zero-order valence-electron chi connectivity index (χ0n) is 11.9. The number of hydrogen-bond acceptors (Lipinski definition) is 3. The molecular formula is C14H17IN2O4. The summed E-state index contributed by atoms with van der Waals surface area (Å²) in [5.41, 5.74) is -0.0360. The van der Waals surface area contributed by atoms with Crippen LogP contribution in [0.1, 0.15) is 24.2 Å². The number of hydrogen-bond donors (Lipinski definition) is 2. The molecule has 0 aromatic heterocycles. The molecule has 114 valence electrons. The molecule has 7 heteroatoms. The topological polar surface area (TPSA) is 78.9 Å². The van der Waals surface area contributed by atoms with E-state index >= 15 is 0 Å². The van der Waals surface area contributed by atoms with Crippen LogP contribution < -0.4 is 5.32 Å². The summed E-state index contributed by atoms with van der Waals surface area (Å²) >= 11 is 2.03. The van der Waals surface area contributed by atoms with E-state index in [9.17, 15) is 14.7 Å². The quantitative estimate of drug-likeness (QED) is 0.743. The average molecular weight is 404 g/mol. The molecule has 1 aromatic rings. The lowest BCUT2D eigenvalue weighted by molar-refractivity contribution is -0.0249. The van der Waals surface area contributed by atoms with Gasteiger partial charge in [0, 0.05) is 10.1 Å². The van der Waals surface area contributed by atoms with Gasteiger partial charge in [0.05, 0.1) is 30.0 Å². The van der Waals surface area contributed by atoms with Crippen LogP contribution in [0.2, 0.25) is 0 Å². The first kappa shape index (κ1) is 16.0. The summed E-state index contributed by atoms with van der Waals surface area (Å²) in [6.07, 6.45) is 0. The lowest BCUT2D eigenvalue weighted by Crippen LogP contribution is -2.56. The Morgan fingerprint density at radius 1 is 1.43 bits per heavy atom. The predicted octanol–water partition coefficient (Wildman–Crippen LogP) is 2.63. The molecule has 0 aliphatic carbocycles. The van der Waals surface area contributed by atoms with E-state index in [1.165, 1.54) is 6.07 Å². The van der Waals surface area contributed by atoms with Gasteiger partial charge in [-0.3, -0.25) is 0 Å². The molecule has 21 heavy (non-hydrogen) atoms. The molecule has 1 saturated heterocycles. The van der Waals surface area contributed by atoms with Crippen LogP contribution in [0.25, 0.3) is 0 Å². The third kappa shape index (κ3) is 3.65. The first-order valence-electron chi connectivity index (χ1n) is 6.50. The molecule has 0 unspecified atom stereocenters. The van der Waals surface area contributed by atoms with E-state index in [4.69, 9.17) is 4.74 Å². The minimum atomic E-state index is -1.06. The Morgan fingerprint density at radius 2 is 2.14 bits per heavy atom. The van der Waals surface area contributed by atoms with Crippen LogP contribution in [-0.2, 0) is 4.74 Å². The van der Waals surface area contributed by atoms with Gasteiger partial charge in [0.2, 0.25) is 0 Å². The van der Waals surface area contributed by atoms with Crippen molar-refractivity contribution < 1.29 is 19.4 Å². The normalized spacial score (nSPS) is 17.4. The number of amides is 2. The number of anilines is 1. The smallest absolute Gasteiger partial charge is 0.337 e. The zero-order chi connectivity index (χ0) is 15.6. The van der Waals surface area contributed by atoms with Crippen LogP contribution in [0, 0.1) is 3.57 Å². The molecule has 0 atom stereocenters. The Labute approximate surface area is 136 Å². The fourth-order valence-corrected chi connectivity index (χ4v) is 2.71. The van der Waals surface area contributed by atoms with E-state index in [-0.39, 0.29) is 11.6 Å². The zero-order valence-corrected chi connectivity index (χ0v) is 14.0. The van der Waals surface area contributed by atoms with Gasteiger partial charge in [0.1, 0.15) is 0 Å². The molecule has 1 aliphatic heterocycles. The van der Waals surface area contributed by atoms with Gasteiger partial charge < -0.3 is 20.1 Å². The summed E-state index contributed by atoms with van der Waals surface area (Å²) in [6.45, 7) is 5.25. The van der Waals surface area contributed by atoms with Crippen LogP contribution >= 0.6 is 22.6 Å². The van der Waals surface area contributed by atoms with Crippen molar-refractivity contribution in [2.45, 2.75) is 19.4 Å². The van der Waals surface area contributed by atoms with Gasteiger partial charge in [-0.2, -0.15) is 0 Å². The highest BCUT2D eigenvalue weighted by atomic mass is 127. The van der Waals surface area contributed by atoms with Crippen molar-refractivity contribution in [3.63, 3.8) is 0 Å². The highest BCUT2D eigenvalue weighted by Gasteiger charge is 2.34. The lowest BCUT2D eigenvalue weighted by Gasteiger charge is -2.41. The summed E-state index contributed by atoms with van der Waals surface area (Å²) in [6, 6.07) is 4.58. The second kappa shape index (κ2) is 6.18. The van der Waals surface area contributed by atoms with E-state index in [1.807, 2.05) is 36.4 Å². The first-order valence-corrected chi connectivity index (χ1v) is 7.58. The Balaban J connectivity index is 2.22. The minimum Gasteiger partial charge on any atom is -0.478 e. The largest absolute Gasteiger partial charge is 0.478 e. The number of nitrogens with one attached hydrogen (secondary N) is 1. The van der Waals surface area contributed by atoms with Crippen molar-refractivity contribution in [1.29, 1.82) is 0 Å². The maximum Gasteiger partial charge on any atom is 0.337 e. The molecule has 2 rings (SSSR count). The summed E-state index contributed by atoms with van der Waals surface area (Å²) in [5.74, 6) is -1.06. The summed E-state index contributed by atoms with van der Waals surface area (Å²) in [5, 5.41) is 11.9. The number of rotatable bonds is 2. The van der Waals surface area contributed by atoms with Gasteiger partial charge >= 0.3 is 12.0 Å². The fraction of sp³-hybridized carbons (Fsp3) is 0.429. The monoisotopic (exact) mass is 404 g/mol. The molecule has 0 spiro atoms. The number of benzene rings is 1. The van der Waals surface area contributed by atoms with Crippen molar-refractivity contribution in [2.75, 3.05) is 25.1 Å².